The molecule has 1 aromatic carbocycles. The molecule has 0 heterocycles. The number of nitrogens with one attached hydrogen (secondary N) is 1. The van der Waals surface area contributed by atoms with Gasteiger partial charge in [-0.25, -0.2) is 4.79 Å². The first-order chi connectivity index (χ1) is 8.02. The van der Waals surface area contributed by atoms with Crippen LogP contribution in [0.25, 0.3) is 0 Å². The number of carbonyl (C=O) groups is 1. The summed E-state index contributed by atoms with van der Waals surface area (Å²) in [7, 11) is 1.36. The summed E-state index contributed by atoms with van der Waals surface area (Å²) in [5, 5.41) is 3.24. The maximum Gasteiger partial charge on any atom is 0.337 e. The highest BCUT2D eigenvalue weighted by atomic mass is 32.1. The molecule has 92 valence electrons. The van der Waals surface area contributed by atoms with Gasteiger partial charge in [0.2, 0.25) is 0 Å². The van der Waals surface area contributed by atoms with E-state index in [4.69, 9.17) is 18.0 Å². The molecule has 1 unspecified atom stereocenters. The number of anilines is 1. The van der Waals surface area contributed by atoms with Crippen LogP contribution in [0.1, 0.15) is 23.7 Å². The largest absolute Gasteiger partial charge is 0.465 e. The van der Waals surface area contributed by atoms with Gasteiger partial charge in [-0.2, -0.15) is 0 Å². The second-order valence-corrected chi connectivity index (χ2v) is 4.31. The van der Waals surface area contributed by atoms with Gasteiger partial charge >= 0.3 is 5.97 Å². The molecule has 0 radical (unpaired) electrons. The highest BCUT2D eigenvalue weighted by Crippen LogP contribution is 2.12. The van der Waals surface area contributed by atoms with Crippen molar-refractivity contribution in [2.24, 2.45) is 5.73 Å². The Morgan fingerprint density at radius 1 is 1.47 bits per heavy atom. The molecule has 0 amide bonds. The van der Waals surface area contributed by atoms with Gasteiger partial charge in [0, 0.05) is 18.2 Å². The Kier molecular flexibility index (Phi) is 4.90. The lowest BCUT2D eigenvalue weighted by Gasteiger charge is -2.14. The molecule has 3 N–H and O–H groups in total. The van der Waals surface area contributed by atoms with E-state index in [0.717, 1.165) is 5.69 Å². The van der Waals surface area contributed by atoms with Gasteiger partial charge in [-0.1, -0.05) is 12.2 Å². The maximum atomic E-state index is 11.2. The lowest BCUT2D eigenvalue weighted by molar-refractivity contribution is 0.0601. The first-order valence-electron chi connectivity index (χ1n) is 5.26. The number of hydrogen-bond donors (Lipinski definition) is 2. The average molecular weight is 252 g/mol. The predicted octanol–water partition coefficient (Wildman–Crippen LogP) is 1.95. The van der Waals surface area contributed by atoms with E-state index in [1.807, 2.05) is 19.1 Å². The number of esters is 1. The van der Waals surface area contributed by atoms with Crippen molar-refractivity contribution in [2.75, 3.05) is 12.4 Å². The van der Waals surface area contributed by atoms with Gasteiger partial charge < -0.3 is 15.8 Å². The molecule has 0 aliphatic heterocycles. The first-order valence-corrected chi connectivity index (χ1v) is 5.67. The van der Waals surface area contributed by atoms with E-state index in [2.05, 4.69) is 10.1 Å². The van der Waals surface area contributed by atoms with Crippen LogP contribution in [0.3, 0.4) is 0 Å². The van der Waals surface area contributed by atoms with Gasteiger partial charge in [-0.15, -0.1) is 0 Å². The Morgan fingerprint density at radius 2 is 2.06 bits per heavy atom. The molecule has 0 aromatic heterocycles. The topological polar surface area (TPSA) is 64.3 Å². The van der Waals surface area contributed by atoms with E-state index < -0.39 is 0 Å². The molecule has 0 spiro atoms. The van der Waals surface area contributed by atoms with Crippen molar-refractivity contribution < 1.29 is 9.53 Å². The summed E-state index contributed by atoms with van der Waals surface area (Å²) in [5.41, 5.74) is 6.90. The molecule has 0 aliphatic carbocycles. The number of hydrogen-bond acceptors (Lipinski definition) is 4. The first kappa shape index (κ1) is 13.4. The Bertz CT molecular complexity index is 403. The molecule has 1 aromatic rings. The molecule has 4 nitrogen and oxygen atoms in total. The third-order valence-electron chi connectivity index (χ3n) is 2.23. The molecule has 5 heteroatoms. The smallest absolute Gasteiger partial charge is 0.337 e. The Hall–Kier alpha value is -1.62. The summed E-state index contributed by atoms with van der Waals surface area (Å²) in [6.07, 6.45) is 0.633. The van der Waals surface area contributed by atoms with Gasteiger partial charge in [0.05, 0.1) is 17.7 Å². The van der Waals surface area contributed by atoms with Gasteiger partial charge in [0.25, 0.3) is 0 Å². The zero-order chi connectivity index (χ0) is 12.8. The second-order valence-electron chi connectivity index (χ2n) is 3.78. The number of carbonyl (C=O) groups excluding carboxylic acids is 1. The molecule has 0 saturated heterocycles. The average Bonchev–Trinajstić information content (AvgIpc) is 2.28. The standard InChI is InChI=1S/C12H16N2O2S/c1-8(7-11(13)17)14-10-5-3-9(4-6-10)12(15)16-2/h3-6,8,14H,7H2,1-2H3,(H2,13,17). The number of ether oxygens (including phenoxy) is 1. The summed E-state index contributed by atoms with van der Waals surface area (Å²) in [6.45, 7) is 1.99. The molecular weight excluding hydrogens is 236 g/mol. The number of methoxy groups -OCH3 is 1. The number of benzene rings is 1. The molecule has 0 saturated carbocycles. The van der Waals surface area contributed by atoms with Crippen LogP contribution in [0.2, 0.25) is 0 Å². The van der Waals surface area contributed by atoms with Gasteiger partial charge in [-0.3, -0.25) is 0 Å². The van der Waals surface area contributed by atoms with E-state index in [0.29, 0.717) is 17.0 Å². The Morgan fingerprint density at radius 3 is 2.53 bits per heavy atom. The lowest BCUT2D eigenvalue weighted by Crippen LogP contribution is -2.22. The van der Waals surface area contributed by atoms with Gasteiger partial charge in [0.15, 0.2) is 0 Å². The Labute approximate surface area is 106 Å². The molecule has 1 atom stereocenters. The minimum atomic E-state index is -0.340. The van der Waals surface area contributed by atoms with Crippen LogP contribution in [-0.2, 0) is 4.74 Å². The molecule has 0 bridgehead atoms. The number of thiocarbonyl (C=S) groups is 1. The van der Waals surface area contributed by atoms with Gasteiger partial charge in [0.1, 0.15) is 0 Å². The number of rotatable bonds is 5. The summed E-state index contributed by atoms with van der Waals surface area (Å²) >= 11 is 4.84. The maximum absolute atomic E-state index is 11.2. The van der Waals surface area contributed by atoms with Crippen LogP contribution < -0.4 is 11.1 Å². The molecule has 0 fully saturated rings. The Balaban J connectivity index is 2.62. The van der Waals surface area contributed by atoms with E-state index in [1.165, 1.54) is 7.11 Å². The van der Waals surface area contributed by atoms with Crippen LogP contribution in [0.5, 0.6) is 0 Å². The SMILES string of the molecule is COC(=O)c1ccc(NC(C)CC(N)=S)cc1. The van der Waals surface area contributed by atoms with Crippen molar-refractivity contribution in [3.8, 4) is 0 Å². The van der Waals surface area contributed by atoms with E-state index in [1.54, 1.807) is 12.1 Å². The van der Waals surface area contributed by atoms with Crippen molar-refractivity contribution in [3.05, 3.63) is 29.8 Å². The minimum absolute atomic E-state index is 0.163. The zero-order valence-electron chi connectivity index (χ0n) is 9.90. The normalized spacial score (nSPS) is 11.6. The fourth-order valence-corrected chi connectivity index (χ4v) is 1.71. The van der Waals surface area contributed by atoms with Crippen molar-refractivity contribution >= 4 is 28.9 Å². The van der Waals surface area contributed by atoms with Crippen LogP contribution >= 0.6 is 12.2 Å². The van der Waals surface area contributed by atoms with Crippen LogP contribution in [0.15, 0.2) is 24.3 Å². The fourth-order valence-electron chi connectivity index (χ4n) is 1.46. The van der Waals surface area contributed by atoms with E-state index in [-0.39, 0.29) is 12.0 Å². The molecule has 17 heavy (non-hydrogen) atoms. The van der Waals surface area contributed by atoms with Gasteiger partial charge in [-0.05, 0) is 31.2 Å². The fraction of sp³-hybridized carbons (Fsp3) is 0.333. The minimum Gasteiger partial charge on any atom is -0.465 e. The van der Waals surface area contributed by atoms with Crippen molar-refractivity contribution in [1.82, 2.24) is 0 Å². The zero-order valence-corrected chi connectivity index (χ0v) is 10.7. The van der Waals surface area contributed by atoms with Crippen molar-refractivity contribution in [3.63, 3.8) is 0 Å². The third-order valence-corrected chi connectivity index (χ3v) is 2.39. The van der Waals surface area contributed by atoms with Crippen LogP contribution in [0, 0.1) is 0 Å². The summed E-state index contributed by atoms with van der Waals surface area (Å²) < 4.78 is 4.62. The quantitative estimate of drug-likeness (QED) is 0.619. The predicted molar refractivity (Wildman–Crippen MR) is 72.3 cm³/mol. The summed E-state index contributed by atoms with van der Waals surface area (Å²) in [5.74, 6) is -0.340. The third kappa shape index (κ3) is 4.40. The van der Waals surface area contributed by atoms with Crippen LogP contribution in [-0.4, -0.2) is 24.1 Å². The molecule has 0 aliphatic rings. The number of nitrogens with two attached hydrogens (primary N) is 1. The second kappa shape index (κ2) is 6.20. The monoisotopic (exact) mass is 252 g/mol. The van der Waals surface area contributed by atoms with Crippen molar-refractivity contribution in [2.45, 2.75) is 19.4 Å². The van der Waals surface area contributed by atoms with E-state index >= 15 is 0 Å². The van der Waals surface area contributed by atoms with Crippen molar-refractivity contribution in [1.29, 1.82) is 0 Å². The molecule has 1 rings (SSSR count). The highest BCUT2D eigenvalue weighted by molar-refractivity contribution is 7.80. The highest BCUT2D eigenvalue weighted by Gasteiger charge is 2.06. The summed E-state index contributed by atoms with van der Waals surface area (Å²) in [6, 6.07) is 7.23. The van der Waals surface area contributed by atoms with E-state index in [9.17, 15) is 4.79 Å². The lowest BCUT2D eigenvalue weighted by atomic mass is 10.2. The van der Waals surface area contributed by atoms with Crippen LogP contribution in [0.4, 0.5) is 5.69 Å². The molecular formula is C12H16N2O2S. The summed E-state index contributed by atoms with van der Waals surface area (Å²) in [4.78, 5) is 11.7.